The van der Waals surface area contributed by atoms with Crippen LogP contribution in [0.2, 0.25) is 0 Å². The fourth-order valence-corrected chi connectivity index (χ4v) is 4.42. The molecular weight excluding hydrogens is 450 g/mol. The number of carbonyl (C=O) groups excluding carboxylic acids is 1. The number of rotatable bonds is 5. The standard InChI is InChI=1S/C22H18BrN3O2S/c1-2-15-7-10-17(11-8-15)26(22-24-18-5-3-4-6-19(18)29-22)21(28)14-25-13-16(23)9-12-20(25)27/h3-13H,2,14H2,1H3. The number of thiazole rings is 1. The van der Waals surface area contributed by atoms with Crippen LogP contribution in [0.4, 0.5) is 10.8 Å². The third-order valence-corrected chi connectivity index (χ3v) is 6.07. The second kappa shape index (κ2) is 8.31. The lowest BCUT2D eigenvalue weighted by Crippen LogP contribution is -2.33. The van der Waals surface area contributed by atoms with Gasteiger partial charge in [-0.15, -0.1) is 0 Å². The number of fused-ring (bicyclic) bond motifs is 1. The van der Waals surface area contributed by atoms with Crippen molar-refractivity contribution < 1.29 is 4.79 Å². The largest absolute Gasteiger partial charge is 0.305 e. The molecule has 0 saturated heterocycles. The van der Waals surface area contributed by atoms with Gasteiger partial charge in [-0.25, -0.2) is 4.98 Å². The highest BCUT2D eigenvalue weighted by Gasteiger charge is 2.22. The maximum atomic E-state index is 13.3. The zero-order valence-corrected chi connectivity index (χ0v) is 18.1. The van der Waals surface area contributed by atoms with E-state index in [1.165, 1.54) is 27.5 Å². The van der Waals surface area contributed by atoms with Crippen molar-refractivity contribution in [2.24, 2.45) is 0 Å². The van der Waals surface area contributed by atoms with Gasteiger partial charge in [0.25, 0.3) is 11.5 Å². The zero-order chi connectivity index (χ0) is 20.4. The third kappa shape index (κ3) is 4.16. The van der Waals surface area contributed by atoms with Crippen molar-refractivity contribution in [3.63, 3.8) is 0 Å². The van der Waals surface area contributed by atoms with E-state index in [1.807, 2.05) is 48.5 Å². The number of amides is 1. The molecule has 0 fully saturated rings. The minimum Gasteiger partial charge on any atom is -0.305 e. The topological polar surface area (TPSA) is 55.2 Å². The molecule has 4 aromatic rings. The molecule has 2 aromatic carbocycles. The van der Waals surface area contributed by atoms with E-state index in [1.54, 1.807) is 17.2 Å². The van der Waals surface area contributed by atoms with E-state index in [4.69, 9.17) is 0 Å². The molecule has 0 saturated carbocycles. The predicted octanol–water partition coefficient (Wildman–Crippen LogP) is 5.15. The van der Waals surface area contributed by atoms with Crippen molar-refractivity contribution in [2.45, 2.75) is 19.9 Å². The van der Waals surface area contributed by atoms with Gasteiger partial charge in [0.15, 0.2) is 5.13 Å². The van der Waals surface area contributed by atoms with E-state index in [0.29, 0.717) is 5.13 Å². The molecule has 1 amide bonds. The van der Waals surface area contributed by atoms with Crippen molar-refractivity contribution in [2.75, 3.05) is 4.90 Å². The maximum absolute atomic E-state index is 13.3. The Labute approximate surface area is 180 Å². The van der Waals surface area contributed by atoms with Gasteiger partial charge in [0, 0.05) is 16.7 Å². The molecule has 0 bridgehead atoms. The Morgan fingerprint density at radius 2 is 1.86 bits per heavy atom. The smallest absolute Gasteiger partial charge is 0.253 e. The van der Waals surface area contributed by atoms with Gasteiger partial charge in [-0.3, -0.25) is 14.5 Å². The third-order valence-electron chi connectivity index (χ3n) is 4.58. The van der Waals surface area contributed by atoms with Gasteiger partial charge < -0.3 is 4.57 Å². The lowest BCUT2D eigenvalue weighted by Gasteiger charge is -2.21. The lowest BCUT2D eigenvalue weighted by atomic mass is 10.1. The summed E-state index contributed by atoms with van der Waals surface area (Å²) in [5.41, 5.74) is 2.53. The molecule has 2 heterocycles. The molecule has 29 heavy (non-hydrogen) atoms. The fourth-order valence-electron chi connectivity index (χ4n) is 3.04. The molecule has 0 aliphatic rings. The van der Waals surface area contributed by atoms with Crippen molar-refractivity contribution in [3.8, 4) is 0 Å². The maximum Gasteiger partial charge on any atom is 0.253 e. The molecule has 0 unspecified atom stereocenters. The molecule has 5 nitrogen and oxygen atoms in total. The van der Waals surface area contributed by atoms with Gasteiger partial charge in [-0.05, 0) is 58.2 Å². The summed E-state index contributed by atoms with van der Waals surface area (Å²) >= 11 is 4.81. The lowest BCUT2D eigenvalue weighted by molar-refractivity contribution is -0.118. The summed E-state index contributed by atoms with van der Waals surface area (Å²) in [6.45, 7) is 2.01. The summed E-state index contributed by atoms with van der Waals surface area (Å²) in [4.78, 5) is 31.8. The van der Waals surface area contributed by atoms with Gasteiger partial charge in [-0.2, -0.15) is 0 Å². The Hall–Kier alpha value is -2.77. The monoisotopic (exact) mass is 467 g/mol. The average molecular weight is 468 g/mol. The Morgan fingerprint density at radius 3 is 2.59 bits per heavy atom. The average Bonchev–Trinajstić information content (AvgIpc) is 3.15. The summed E-state index contributed by atoms with van der Waals surface area (Å²) in [5.74, 6) is -0.228. The highest BCUT2D eigenvalue weighted by Crippen LogP contribution is 2.33. The van der Waals surface area contributed by atoms with Crippen LogP contribution in [0, 0.1) is 0 Å². The van der Waals surface area contributed by atoms with Gasteiger partial charge in [0.2, 0.25) is 0 Å². The number of hydrogen-bond donors (Lipinski definition) is 0. The van der Waals surface area contributed by atoms with E-state index in [0.717, 1.165) is 26.8 Å². The van der Waals surface area contributed by atoms with E-state index in [9.17, 15) is 9.59 Å². The van der Waals surface area contributed by atoms with Crippen LogP contribution in [0.25, 0.3) is 10.2 Å². The fraction of sp³-hybridized carbons (Fsp3) is 0.136. The molecule has 0 spiro atoms. The highest BCUT2D eigenvalue weighted by atomic mass is 79.9. The number of halogens is 1. The number of pyridine rings is 1. The first-order chi connectivity index (χ1) is 14.0. The van der Waals surface area contributed by atoms with Crippen molar-refractivity contribution in [3.05, 3.63) is 87.3 Å². The molecular formula is C22H18BrN3O2S. The van der Waals surface area contributed by atoms with E-state index in [2.05, 4.69) is 27.8 Å². The highest BCUT2D eigenvalue weighted by molar-refractivity contribution is 9.10. The van der Waals surface area contributed by atoms with Crippen molar-refractivity contribution in [1.29, 1.82) is 0 Å². The molecule has 4 rings (SSSR count). The van der Waals surface area contributed by atoms with Gasteiger partial charge in [-0.1, -0.05) is 42.5 Å². The second-order valence-electron chi connectivity index (χ2n) is 6.53. The summed E-state index contributed by atoms with van der Waals surface area (Å²) < 4.78 is 3.14. The minimum absolute atomic E-state index is 0.0796. The number of aryl methyl sites for hydroxylation is 1. The molecule has 0 aliphatic carbocycles. The first kappa shape index (κ1) is 19.5. The molecule has 146 valence electrons. The van der Waals surface area contributed by atoms with E-state index >= 15 is 0 Å². The number of anilines is 2. The van der Waals surface area contributed by atoms with Crippen molar-refractivity contribution in [1.82, 2.24) is 9.55 Å². The summed E-state index contributed by atoms with van der Waals surface area (Å²) in [6.07, 6.45) is 2.54. The molecule has 2 aromatic heterocycles. The molecule has 0 radical (unpaired) electrons. The molecule has 0 N–H and O–H groups in total. The second-order valence-corrected chi connectivity index (χ2v) is 8.45. The van der Waals surface area contributed by atoms with Crippen LogP contribution in [0.3, 0.4) is 0 Å². The summed E-state index contributed by atoms with van der Waals surface area (Å²) in [6, 6.07) is 18.8. The summed E-state index contributed by atoms with van der Waals surface area (Å²) in [7, 11) is 0. The van der Waals surface area contributed by atoms with E-state index < -0.39 is 0 Å². The van der Waals surface area contributed by atoms with Crippen LogP contribution in [-0.2, 0) is 17.8 Å². The Bertz CT molecular complexity index is 1200. The quantitative estimate of drug-likeness (QED) is 0.407. The van der Waals surface area contributed by atoms with E-state index in [-0.39, 0.29) is 18.0 Å². The van der Waals surface area contributed by atoms with Crippen LogP contribution in [0.15, 0.2) is 76.1 Å². The minimum atomic E-state index is -0.230. The summed E-state index contributed by atoms with van der Waals surface area (Å²) in [5, 5.41) is 0.587. The molecule has 0 atom stereocenters. The van der Waals surface area contributed by atoms with Crippen molar-refractivity contribution >= 4 is 54.2 Å². The Kier molecular flexibility index (Phi) is 5.60. The number of para-hydroxylation sites is 1. The van der Waals surface area contributed by atoms with Crippen LogP contribution in [0.1, 0.15) is 12.5 Å². The van der Waals surface area contributed by atoms with Crippen LogP contribution in [0.5, 0.6) is 0 Å². The van der Waals surface area contributed by atoms with Crippen LogP contribution in [-0.4, -0.2) is 15.5 Å². The number of aromatic nitrogens is 2. The molecule has 0 aliphatic heterocycles. The van der Waals surface area contributed by atoms with Gasteiger partial charge in [0.05, 0.1) is 15.9 Å². The number of hydrogen-bond acceptors (Lipinski definition) is 4. The van der Waals surface area contributed by atoms with Gasteiger partial charge in [0.1, 0.15) is 6.54 Å². The Balaban J connectivity index is 1.77. The van der Waals surface area contributed by atoms with Gasteiger partial charge >= 0.3 is 0 Å². The number of carbonyl (C=O) groups is 1. The molecule has 7 heteroatoms. The zero-order valence-electron chi connectivity index (χ0n) is 15.7. The first-order valence-corrected chi connectivity index (χ1v) is 10.8. The number of benzene rings is 2. The first-order valence-electron chi connectivity index (χ1n) is 9.18. The normalized spacial score (nSPS) is 11.0. The SMILES string of the molecule is CCc1ccc(N(C(=O)Cn2cc(Br)ccc2=O)c2nc3ccccc3s2)cc1. The van der Waals surface area contributed by atoms with Crippen LogP contribution >= 0.6 is 27.3 Å². The van der Waals surface area contributed by atoms with Crippen LogP contribution < -0.4 is 10.5 Å². The Morgan fingerprint density at radius 1 is 1.10 bits per heavy atom. The predicted molar refractivity (Wildman–Crippen MR) is 121 cm³/mol. The number of nitrogens with zero attached hydrogens (tertiary/aromatic N) is 3.